The molecular formula is C9H20ClNO2. The zero-order chi connectivity index (χ0) is 9.56. The first kappa shape index (κ1) is 15.2. The predicted octanol–water partition coefficient (Wildman–Crippen LogP) is 1.91. The number of aliphatic carboxylic acids is 1. The fourth-order valence-corrected chi connectivity index (χ4v) is 1.01. The molecule has 0 spiro atoms. The van der Waals surface area contributed by atoms with E-state index in [1.54, 1.807) is 6.92 Å². The Morgan fingerprint density at radius 1 is 1.38 bits per heavy atom. The molecule has 0 saturated carbocycles. The van der Waals surface area contributed by atoms with Gasteiger partial charge in [0.15, 0.2) is 0 Å². The standard InChI is InChI=1S/C9H19NO2.ClH/c1-4-8(5-2)6-10-7(3)9(11)12;/h7-8,10H,4-6H2,1-3H3,(H,11,12);1H/t7-;/m0./s1. The average Bonchev–Trinajstić information content (AvgIpc) is 2.05. The topological polar surface area (TPSA) is 49.3 Å². The molecule has 80 valence electrons. The van der Waals surface area contributed by atoms with Gasteiger partial charge in [-0.25, -0.2) is 0 Å². The molecule has 0 unspecified atom stereocenters. The first-order chi connectivity index (χ1) is 5.61. The van der Waals surface area contributed by atoms with Gasteiger partial charge in [-0.1, -0.05) is 26.7 Å². The van der Waals surface area contributed by atoms with E-state index in [0.29, 0.717) is 5.92 Å². The van der Waals surface area contributed by atoms with Crippen molar-refractivity contribution in [3.8, 4) is 0 Å². The summed E-state index contributed by atoms with van der Waals surface area (Å²) in [6, 6.07) is -0.425. The van der Waals surface area contributed by atoms with Crippen LogP contribution < -0.4 is 5.32 Å². The minimum absolute atomic E-state index is 0. The van der Waals surface area contributed by atoms with Crippen LogP contribution in [0.2, 0.25) is 0 Å². The SMILES string of the molecule is CCC(CC)CN[C@@H](C)C(=O)O.Cl. The average molecular weight is 210 g/mol. The van der Waals surface area contributed by atoms with Gasteiger partial charge in [-0.05, 0) is 19.4 Å². The predicted molar refractivity (Wildman–Crippen MR) is 56.4 cm³/mol. The van der Waals surface area contributed by atoms with E-state index in [9.17, 15) is 4.79 Å². The van der Waals surface area contributed by atoms with E-state index in [0.717, 1.165) is 19.4 Å². The minimum Gasteiger partial charge on any atom is -0.480 e. The Hall–Kier alpha value is -0.280. The molecule has 2 N–H and O–H groups in total. The molecule has 0 rings (SSSR count). The molecule has 0 aromatic carbocycles. The van der Waals surface area contributed by atoms with Crippen LogP contribution >= 0.6 is 12.4 Å². The highest BCUT2D eigenvalue weighted by molar-refractivity contribution is 5.85. The van der Waals surface area contributed by atoms with E-state index in [4.69, 9.17) is 5.11 Å². The molecule has 0 saturated heterocycles. The van der Waals surface area contributed by atoms with E-state index in [1.165, 1.54) is 0 Å². The van der Waals surface area contributed by atoms with Gasteiger partial charge < -0.3 is 10.4 Å². The molecule has 1 atom stereocenters. The lowest BCUT2D eigenvalue weighted by Gasteiger charge is -2.15. The Bertz CT molecular complexity index is 138. The first-order valence-corrected chi connectivity index (χ1v) is 4.57. The largest absolute Gasteiger partial charge is 0.480 e. The van der Waals surface area contributed by atoms with Crippen molar-refractivity contribution in [3.63, 3.8) is 0 Å². The van der Waals surface area contributed by atoms with Gasteiger partial charge in [0.05, 0.1) is 0 Å². The number of hydrogen-bond donors (Lipinski definition) is 2. The minimum atomic E-state index is -0.777. The van der Waals surface area contributed by atoms with Crippen LogP contribution in [0.1, 0.15) is 33.6 Å². The molecule has 0 aliphatic carbocycles. The van der Waals surface area contributed by atoms with Crippen LogP contribution in [0.5, 0.6) is 0 Å². The summed E-state index contributed by atoms with van der Waals surface area (Å²) in [5.74, 6) is -0.173. The molecule has 0 bridgehead atoms. The number of nitrogens with one attached hydrogen (secondary N) is 1. The maximum atomic E-state index is 10.4. The highest BCUT2D eigenvalue weighted by atomic mass is 35.5. The second-order valence-corrected chi connectivity index (χ2v) is 3.15. The summed E-state index contributed by atoms with van der Waals surface area (Å²) in [7, 11) is 0. The Morgan fingerprint density at radius 3 is 2.15 bits per heavy atom. The van der Waals surface area contributed by atoms with Crippen molar-refractivity contribution >= 4 is 18.4 Å². The third-order valence-corrected chi connectivity index (χ3v) is 2.24. The summed E-state index contributed by atoms with van der Waals surface area (Å²) in [6.07, 6.45) is 2.21. The number of rotatable bonds is 6. The van der Waals surface area contributed by atoms with Gasteiger partial charge in [-0.2, -0.15) is 0 Å². The van der Waals surface area contributed by atoms with Crippen LogP contribution in [0.15, 0.2) is 0 Å². The lowest BCUT2D eigenvalue weighted by Crippen LogP contribution is -2.36. The fraction of sp³-hybridized carbons (Fsp3) is 0.889. The number of hydrogen-bond acceptors (Lipinski definition) is 2. The van der Waals surface area contributed by atoms with Gasteiger partial charge >= 0.3 is 5.97 Å². The summed E-state index contributed by atoms with van der Waals surface area (Å²) in [6.45, 7) is 6.73. The molecule has 0 aliphatic heterocycles. The number of halogens is 1. The van der Waals surface area contributed by atoms with Gasteiger partial charge in [-0.3, -0.25) is 4.79 Å². The summed E-state index contributed by atoms with van der Waals surface area (Å²) in [4.78, 5) is 10.4. The van der Waals surface area contributed by atoms with Crippen molar-refractivity contribution in [2.45, 2.75) is 39.7 Å². The lowest BCUT2D eigenvalue weighted by molar-refractivity contribution is -0.139. The van der Waals surface area contributed by atoms with E-state index in [2.05, 4.69) is 19.2 Å². The van der Waals surface area contributed by atoms with E-state index in [-0.39, 0.29) is 12.4 Å². The Labute approximate surface area is 86.3 Å². The zero-order valence-corrected chi connectivity index (χ0v) is 9.36. The number of carboxylic acid groups (broad SMARTS) is 1. The molecule has 0 fully saturated rings. The molecule has 3 nitrogen and oxygen atoms in total. The molecule has 13 heavy (non-hydrogen) atoms. The van der Waals surface area contributed by atoms with Crippen LogP contribution in [-0.2, 0) is 4.79 Å². The molecule has 0 aliphatic rings. The fourth-order valence-electron chi connectivity index (χ4n) is 1.01. The lowest BCUT2D eigenvalue weighted by atomic mass is 10.0. The molecule has 4 heteroatoms. The van der Waals surface area contributed by atoms with Crippen molar-refractivity contribution in [1.82, 2.24) is 5.32 Å². The van der Waals surface area contributed by atoms with Crippen molar-refractivity contribution < 1.29 is 9.90 Å². The molecule has 0 amide bonds. The quantitative estimate of drug-likeness (QED) is 0.703. The molecule has 0 radical (unpaired) electrons. The van der Waals surface area contributed by atoms with Crippen LogP contribution in [-0.4, -0.2) is 23.7 Å². The second kappa shape index (κ2) is 8.32. The maximum absolute atomic E-state index is 10.4. The summed E-state index contributed by atoms with van der Waals surface area (Å²) >= 11 is 0. The van der Waals surface area contributed by atoms with Gasteiger partial charge in [0.1, 0.15) is 6.04 Å². The van der Waals surface area contributed by atoms with E-state index < -0.39 is 12.0 Å². The highest BCUT2D eigenvalue weighted by Crippen LogP contribution is 2.05. The van der Waals surface area contributed by atoms with Crippen LogP contribution in [0.4, 0.5) is 0 Å². The summed E-state index contributed by atoms with van der Waals surface area (Å²) in [5, 5.41) is 11.6. The van der Waals surface area contributed by atoms with Gasteiger partial charge in [0.2, 0.25) is 0 Å². The summed E-state index contributed by atoms with van der Waals surface area (Å²) < 4.78 is 0. The Kier molecular flexibility index (Phi) is 9.74. The van der Waals surface area contributed by atoms with Crippen molar-refractivity contribution in [2.24, 2.45) is 5.92 Å². The second-order valence-electron chi connectivity index (χ2n) is 3.15. The van der Waals surface area contributed by atoms with Gasteiger partial charge in [0.25, 0.3) is 0 Å². The van der Waals surface area contributed by atoms with Crippen molar-refractivity contribution in [1.29, 1.82) is 0 Å². The van der Waals surface area contributed by atoms with E-state index >= 15 is 0 Å². The smallest absolute Gasteiger partial charge is 0.320 e. The normalized spacial score (nSPS) is 12.3. The number of carbonyl (C=O) groups is 1. The van der Waals surface area contributed by atoms with E-state index in [1.807, 2.05) is 0 Å². The molecular weight excluding hydrogens is 190 g/mol. The molecule has 0 aromatic heterocycles. The monoisotopic (exact) mass is 209 g/mol. The van der Waals surface area contributed by atoms with Crippen molar-refractivity contribution in [2.75, 3.05) is 6.54 Å². The van der Waals surface area contributed by atoms with Crippen LogP contribution in [0.3, 0.4) is 0 Å². The van der Waals surface area contributed by atoms with Gasteiger partial charge in [-0.15, -0.1) is 12.4 Å². The third-order valence-electron chi connectivity index (χ3n) is 2.24. The van der Waals surface area contributed by atoms with Crippen molar-refractivity contribution in [3.05, 3.63) is 0 Å². The van der Waals surface area contributed by atoms with Crippen LogP contribution in [0, 0.1) is 5.92 Å². The highest BCUT2D eigenvalue weighted by Gasteiger charge is 2.11. The van der Waals surface area contributed by atoms with Crippen LogP contribution in [0.25, 0.3) is 0 Å². The Morgan fingerprint density at radius 2 is 1.85 bits per heavy atom. The third kappa shape index (κ3) is 6.84. The first-order valence-electron chi connectivity index (χ1n) is 4.57. The summed E-state index contributed by atoms with van der Waals surface area (Å²) in [5.41, 5.74) is 0. The maximum Gasteiger partial charge on any atom is 0.320 e. The Balaban J connectivity index is 0. The molecule has 0 aromatic rings. The van der Waals surface area contributed by atoms with Gasteiger partial charge in [0, 0.05) is 0 Å². The molecule has 0 heterocycles. The number of carboxylic acids is 1. The zero-order valence-electron chi connectivity index (χ0n) is 8.54.